The van der Waals surface area contributed by atoms with Crippen molar-refractivity contribution in [3.63, 3.8) is 0 Å². The van der Waals surface area contributed by atoms with Crippen LogP contribution in [0.1, 0.15) is 47.0 Å². The third kappa shape index (κ3) is 9.84. The first kappa shape index (κ1) is 22.5. The zero-order valence-electron chi connectivity index (χ0n) is 16.8. The second-order valence-corrected chi connectivity index (χ2v) is 10.1. The van der Waals surface area contributed by atoms with Crippen LogP contribution >= 0.6 is 0 Å². The van der Waals surface area contributed by atoms with Crippen molar-refractivity contribution in [3.8, 4) is 0 Å². The maximum Gasteiger partial charge on any atom is 0.410 e. The van der Waals surface area contributed by atoms with E-state index in [1.54, 1.807) is 11.9 Å². The molecule has 2 N–H and O–H groups in total. The van der Waals surface area contributed by atoms with Gasteiger partial charge in [-0.15, -0.1) is 0 Å². The van der Waals surface area contributed by atoms with Gasteiger partial charge in [-0.2, -0.15) is 0 Å². The van der Waals surface area contributed by atoms with Crippen molar-refractivity contribution in [1.29, 1.82) is 0 Å². The van der Waals surface area contributed by atoms with Gasteiger partial charge in [0, 0.05) is 38.5 Å². The largest absolute Gasteiger partial charge is 0.444 e. The number of hydrogen-bond acceptors (Lipinski definition) is 5. The predicted octanol–water partition coefficient (Wildman–Crippen LogP) is 1.37. The van der Waals surface area contributed by atoms with Gasteiger partial charge in [0.05, 0.1) is 5.75 Å². The first-order valence-electron chi connectivity index (χ1n) is 9.06. The summed E-state index contributed by atoms with van der Waals surface area (Å²) < 4.78 is 28.0. The Morgan fingerprint density at radius 1 is 1.35 bits per heavy atom. The van der Waals surface area contributed by atoms with Gasteiger partial charge in [0.15, 0.2) is 5.96 Å². The fourth-order valence-corrected chi connectivity index (χ4v) is 3.10. The predicted molar refractivity (Wildman–Crippen MR) is 104 cm³/mol. The molecule has 152 valence electrons. The lowest BCUT2D eigenvalue weighted by Crippen LogP contribution is -2.47. The Balaban J connectivity index is 2.43. The highest BCUT2D eigenvalue weighted by Crippen LogP contribution is 2.27. The topological polar surface area (TPSA) is 100 Å². The molecule has 0 aliphatic heterocycles. The molecule has 0 bridgehead atoms. The van der Waals surface area contributed by atoms with Crippen molar-refractivity contribution in [2.45, 2.75) is 64.6 Å². The van der Waals surface area contributed by atoms with E-state index in [2.05, 4.69) is 15.6 Å². The number of aliphatic imine (C=N–C) groups is 1. The average Bonchev–Trinajstić information content (AvgIpc) is 3.30. The molecule has 1 unspecified atom stereocenters. The van der Waals surface area contributed by atoms with Crippen LogP contribution in [0, 0.1) is 0 Å². The number of ether oxygens (including phenoxy) is 1. The lowest BCUT2D eigenvalue weighted by molar-refractivity contribution is 0.0237. The minimum atomic E-state index is -2.98. The zero-order chi connectivity index (χ0) is 20.0. The molecule has 26 heavy (non-hydrogen) atoms. The van der Waals surface area contributed by atoms with Crippen molar-refractivity contribution in [2.24, 2.45) is 4.99 Å². The standard InChI is InChI=1S/C17H34N4O4S/c1-13(9-12-26(6,23)24)20-15(18-5)19-10-11-21(14-7-8-14)16(22)25-17(2,3)4/h13-14H,7-12H2,1-6H3,(H2,18,19,20). The highest BCUT2D eigenvalue weighted by atomic mass is 32.2. The molecule has 1 rings (SSSR count). The summed E-state index contributed by atoms with van der Waals surface area (Å²) in [5.74, 6) is 0.720. The molecular formula is C17H34N4O4S. The first-order chi connectivity index (χ1) is 11.9. The summed E-state index contributed by atoms with van der Waals surface area (Å²) in [6.07, 6.45) is 3.47. The van der Waals surface area contributed by atoms with Crippen LogP contribution in [-0.2, 0) is 14.6 Å². The molecule has 1 aliphatic rings. The van der Waals surface area contributed by atoms with Gasteiger partial charge in [0.2, 0.25) is 0 Å². The number of nitrogens with zero attached hydrogens (tertiary/aromatic N) is 2. The number of rotatable bonds is 8. The summed E-state index contributed by atoms with van der Waals surface area (Å²) in [5.41, 5.74) is -0.510. The molecule has 0 aromatic carbocycles. The molecule has 1 atom stereocenters. The van der Waals surface area contributed by atoms with Crippen LogP contribution in [0.5, 0.6) is 0 Å². The van der Waals surface area contributed by atoms with Crippen LogP contribution in [0.3, 0.4) is 0 Å². The molecule has 1 saturated carbocycles. The van der Waals surface area contributed by atoms with E-state index in [0.717, 1.165) is 12.8 Å². The van der Waals surface area contributed by atoms with Crippen LogP contribution in [0.2, 0.25) is 0 Å². The van der Waals surface area contributed by atoms with Gasteiger partial charge in [0.25, 0.3) is 0 Å². The Hall–Kier alpha value is -1.51. The normalized spacial score (nSPS) is 16.8. The maximum absolute atomic E-state index is 12.3. The van der Waals surface area contributed by atoms with Crippen LogP contribution in [0.25, 0.3) is 0 Å². The monoisotopic (exact) mass is 390 g/mol. The average molecular weight is 391 g/mol. The van der Waals surface area contributed by atoms with Crippen molar-refractivity contribution >= 4 is 21.9 Å². The molecule has 0 aromatic rings. The maximum atomic E-state index is 12.3. The van der Waals surface area contributed by atoms with Crippen molar-refractivity contribution in [1.82, 2.24) is 15.5 Å². The first-order valence-corrected chi connectivity index (χ1v) is 11.1. The Bertz CT molecular complexity index is 594. The summed E-state index contributed by atoms with van der Waals surface area (Å²) >= 11 is 0. The Morgan fingerprint density at radius 2 is 1.96 bits per heavy atom. The second-order valence-electron chi connectivity index (χ2n) is 7.87. The van der Waals surface area contributed by atoms with E-state index < -0.39 is 15.4 Å². The van der Waals surface area contributed by atoms with Gasteiger partial charge in [-0.05, 0) is 47.0 Å². The van der Waals surface area contributed by atoms with Gasteiger partial charge < -0.3 is 20.3 Å². The van der Waals surface area contributed by atoms with E-state index in [1.807, 2.05) is 27.7 Å². The fraction of sp³-hybridized carbons (Fsp3) is 0.882. The van der Waals surface area contributed by atoms with Gasteiger partial charge in [-0.25, -0.2) is 13.2 Å². The van der Waals surface area contributed by atoms with Gasteiger partial charge >= 0.3 is 6.09 Å². The number of hydrogen-bond donors (Lipinski definition) is 2. The molecular weight excluding hydrogens is 356 g/mol. The number of carbonyl (C=O) groups is 1. The van der Waals surface area contributed by atoms with Gasteiger partial charge in [-0.1, -0.05) is 0 Å². The highest BCUT2D eigenvalue weighted by Gasteiger charge is 2.34. The summed E-state index contributed by atoms with van der Waals surface area (Å²) in [6.45, 7) is 8.55. The minimum Gasteiger partial charge on any atom is -0.444 e. The summed E-state index contributed by atoms with van der Waals surface area (Å²) in [5, 5.41) is 6.33. The summed E-state index contributed by atoms with van der Waals surface area (Å²) in [6, 6.07) is 0.233. The molecule has 1 aliphatic carbocycles. The van der Waals surface area contributed by atoms with E-state index in [9.17, 15) is 13.2 Å². The van der Waals surface area contributed by atoms with Crippen LogP contribution in [-0.4, -0.2) is 75.2 Å². The van der Waals surface area contributed by atoms with Crippen LogP contribution < -0.4 is 10.6 Å². The molecule has 0 heterocycles. The lowest BCUT2D eigenvalue weighted by Gasteiger charge is -2.28. The van der Waals surface area contributed by atoms with E-state index in [-0.39, 0.29) is 23.9 Å². The molecule has 0 saturated heterocycles. The minimum absolute atomic E-state index is 0.0266. The third-order valence-electron chi connectivity index (χ3n) is 3.79. The number of amides is 1. The Kier molecular flexibility index (Phi) is 8.17. The van der Waals surface area contributed by atoms with Gasteiger partial charge in [-0.3, -0.25) is 4.99 Å². The fourth-order valence-electron chi connectivity index (χ4n) is 2.32. The Labute approximate surface area is 157 Å². The summed E-state index contributed by atoms with van der Waals surface area (Å²) in [7, 11) is -1.32. The van der Waals surface area contributed by atoms with E-state index in [4.69, 9.17) is 4.74 Å². The number of carbonyl (C=O) groups excluding carboxylic acids is 1. The Morgan fingerprint density at radius 3 is 2.42 bits per heavy atom. The van der Waals surface area contributed by atoms with Crippen molar-refractivity contribution in [3.05, 3.63) is 0 Å². The molecule has 9 heteroatoms. The van der Waals surface area contributed by atoms with Gasteiger partial charge in [0.1, 0.15) is 15.4 Å². The molecule has 0 spiro atoms. The smallest absolute Gasteiger partial charge is 0.410 e. The van der Waals surface area contributed by atoms with Crippen LogP contribution in [0.4, 0.5) is 4.79 Å². The van der Waals surface area contributed by atoms with Crippen LogP contribution in [0.15, 0.2) is 4.99 Å². The quantitative estimate of drug-likeness (QED) is 0.480. The van der Waals surface area contributed by atoms with E-state index in [0.29, 0.717) is 25.5 Å². The molecule has 0 aromatic heterocycles. The number of nitrogens with one attached hydrogen (secondary N) is 2. The molecule has 1 fully saturated rings. The molecule has 1 amide bonds. The lowest BCUT2D eigenvalue weighted by atomic mass is 10.2. The second kappa shape index (κ2) is 9.43. The SMILES string of the molecule is CN=C(NCCN(C(=O)OC(C)(C)C)C1CC1)NC(C)CCS(C)(=O)=O. The van der Waals surface area contributed by atoms with Crippen molar-refractivity contribution < 1.29 is 17.9 Å². The molecule has 0 radical (unpaired) electrons. The molecule has 8 nitrogen and oxygen atoms in total. The van der Waals surface area contributed by atoms with Crippen molar-refractivity contribution in [2.75, 3.05) is 32.1 Å². The van der Waals surface area contributed by atoms with E-state index in [1.165, 1.54) is 6.26 Å². The van der Waals surface area contributed by atoms with E-state index >= 15 is 0 Å². The number of sulfone groups is 1. The number of guanidine groups is 1. The zero-order valence-corrected chi connectivity index (χ0v) is 17.6. The third-order valence-corrected chi connectivity index (χ3v) is 4.77. The summed E-state index contributed by atoms with van der Waals surface area (Å²) in [4.78, 5) is 18.2. The highest BCUT2D eigenvalue weighted by molar-refractivity contribution is 7.90.